The number of nitrogens with zero attached hydrogens (tertiary/aromatic N) is 6. The lowest BCUT2D eigenvalue weighted by Crippen LogP contribution is -2.21. The fourth-order valence-electron chi connectivity index (χ4n) is 1.69. The van der Waals surface area contributed by atoms with Crippen LogP contribution in [0.25, 0.3) is 0 Å². The van der Waals surface area contributed by atoms with E-state index in [9.17, 15) is 0 Å². The molecule has 1 aliphatic rings. The minimum Gasteiger partial charge on any atom is -0.310 e. The molecule has 1 aliphatic carbocycles. The molecule has 2 aromatic rings. The Morgan fingerprint density at radius 3 is 2.75 bits per heavy atom. The van der Waals surface area contributed by atoms with Crippen LogP contribution in [0.4, 0.5) is 0 Å². The van der Waals surface area contributed by atoms with Gasteiger partial charge in [0.15, 0.2) is 5.16 Å². The van der Waals surface area contributed by atoms with Crippen molar-refractivity contribution in [1.82, 2.24) is 35.5 Å². The second kappa shape index (κ2) is 5.84. The molecule has 0 saturated heterocycles. The molecule has 0 spiro atoms. The Bertz CT molecular complexity index is 561. The summed E-state index contributed by atoms with van der Waals surface area (Å²) in [4.78, 5) is 8.71. The fourth-order valence-corrected chi connectivity index (χ4v) is 2.42. The van der Waals surface area contributed by atoms with Gasteiger partial charge in [0, 0.05) is 30.5 Å². The average Bonchev–Trinajstić information content (AvgIpc) is 3.18. The highest BCUT2D eigenvalue weighted by molar-refractivity contribution is 7.99. The molecule has 2 aromatic heterocycles. The lowest BCUT2D eigenvalue weighted by atomic mass is 10.3. The summed E-state index contributed by atoms with van der Waals surface area (Å²) in [5.74, 6) is 0. The zero-order valence-electron chi connectivity index (χ0n) is 11.5. The second-order valence-electron chi connectivity index (χ2n) is 5.15. The van der Waals surface area contributed by atoms with E-state index in [0.717, 1.165) is 30.1 Å². The molecule has 0 aromatic carbocycles. The van der Waals surface area contributed by atoms with Gasteiger partial charge in [-0.1, -0.05) is 13.8 Å². The molecule has 1 saturated carbocycles. The Kier molecular flexibility index (Phi) is 3.93. The van der Waals surface area contributed by atoms with Crippen LogP contribution in [0, 0.1) is 0 Å². The van der Waals surface area contributed by atoms with E-state index in [4.69, 9.17) is 0 Å². The summed E-state index contributed by atoms with van der Waals surface area (Å²) in [6, 6.07) is 0.911. The van der Waals surface area contributed by atoms with Crippen molar-refractivity contribution in [1.29, 1.82) is 0 Å². The first-order valence-electron chi connectivity index (χ1n) is 6.72. The van der Waals surface area contributed by atoms with Crippen LogP contribution in [0.15, 0.2) is 22.7 Å². The molecular weight excluding hydrogens is 274 g/mol. The van der Waals surface area contributed by atoms with Gasteiger partial charge in [-0.05, 0) is 35.0 Å². The Hall–Kier alpha value is -1.54. The zero-order chi connectivity index (χ0) is 13.9. The summed E-state index contributed by atoms with van der Waals surface area (Å²) in [6.07, 6.45) is 5.99. The van der Waals surface area contributed by atoms with Crippen molar-refractivity contribution in [3.05, 3.63) is 18.0 Å². The van der Waals surface area contributed by atoms with Gasteiger partial charge in [-0.25, -0.2) is 14.6 Å². The zero-order valence-corrected chi connectivity index (χ0v) is 12.3. The SMILES string of the molecule is CC(C)NCc1cnc(Sc2nnnn2C2CC2)nc1. The summed E-state index contributed by atoms with van der Waals surface area (Å²) in [5, 5.41) is 16.5. The van der Waals surface area contributed by atoms with Crippen LogP contribution in [0.3, 0.4) is 0 Å². The van der Waals surface area contributed by atoms with E-state index < -0.39 is 0 Å². The number of rotatable bonds is 6. The third-order valence-corrected chi connectivity index (χ3v) is 3.78. The first kappa shape index (κ1) is 13.4. The summed E-state index contributed by atoms with van der Waals surface area (Å²) >= 11 is 1.41. The van der Waals surface area contributed by atoms with Crippen LogP contribution in [0.5, 0.6) is 0 Å². The Labute approximate surface area is 121 Å². The molecule has 2 heterocycles. The third kappa shape index (κ3) is 3.31. The molecule has 0 atom stereocenters. The minimum atomic E-state index is 0.451. The van der Waals surface area contributed by atoms with Crippen LogP contribution in [0.1, 0.15) is 38.3 Å². The van der Waals surface area contributed by atoms with Crippen molar-refractivity contribution in [3.63, 3.8) is 0 Å². The first-order valence-corrected chi connectivity index (χ1v) is 7.54. The number of hydrogen-bond donors (Lipinski definition) is 1. The second-order valence-corrected chi connectivity index (χ2v) is 6.08. The molecule has 8 heteroatoms. The highest BCUT2D eigenvalue weighted by Gasteiger charge is 2.28. The van der Waals surface area contributed by atoms with Crippen molar-refractivity contribution in [2.75, 3.05) is 0 Å². The lowest BCUT2D eigenvalue weighted by molar-refractivity contribution is 0.564. The Morgan fingerprint density at radius 1 is 1.35 bits per heavy atom. The van der Waals surface area contributed by atoms with Crippen LogP contribution >= 0.6 is 11.8 Å². The summed E-state index contributed by atoms with van der Waals surface area (Å²) in [5.41, 5.74) is 1.07. The maximum Gasteiger partial charge on any atom is 0.217 e. The maximum atomic E-state index is 4.36. The van der Waals surface area contributed by atoms with Crippen molar-refractivity contribution in [2.24, 2.45) is 0 Å². The Balaban J connectivity index is 1.64. The van der Waals surface area contributed by atoms with Gasteiger partial charge in [-0.3, -0.25) is 0 Å². The van der Waals surface area contributed by atoms with Gasteiger partial charge in [-0.2, -0.15) is 0 Å². The largest absolute Gasteiger partial charge is 0.310 e. The molecule has 106 valence electrons. The number of tetrazole rings is 1. The molecule has 0 bridgehead atoms. The molecule has 20 heavy (non-hydrogen) atoms. The first-order chi connectivity index (χ1) is 9.72. The predicted octanol–water partition coefficient (Wildman–Crippen LogP) is 1.45. The standard InChI is InChI=1S/C12H17N7S/c1-8(2)13-5-9-6-14-11(15-7-9)20-12-16-17-18-19(12)10-3-4-10/h6-8,10,13H,3-5H2,1-2H3. The van der Waals surface area contributed by atoms with Gasteiger partial charge in [0.05, 0.1) is 6.04 Å². The molecule has 1 N–H and O–H groups in total. The number of nitrogens with one attached hydrogen (secondary N) is 1. The van der Waals surface area contributed by atoms with E-state index in [1.54, 1.807) is 0 Å². The van der Waals surface area contributed by atoms with E-state index in [1.165, 1.54) is 11.8 Å². The maximum absolute atomic E-state index is 4.36. The van der Waals surface area contributed by atoms with Gasteiger partial charge in [0.2, 0.25) is 5.16 Å². The average molecular weight is 291 g/mol. The smallest absolute Gasteiger partial charge is 0.217 e. The summed E-state index contributed by atoms with van der Waals surface area (Å²) in [7, 11) is 0. The lowest BCUT2D eigenvalue weighted by Gasteiger charge is -2.07. The molecule has 0 aliphatic heterocycles. The third-order valence-electron chi connectivity index (χ3n) is 2.93. The summed E-state index contributed by atoms with van der Waals surface area (Å²) < 4.78 is 1.86. The van der Waals surface area contributed by atoms with E-state index >= 15 is 0 Å². The van der Waals surface area contributed by atoms with E-state index in [-0.39, 0.29) is 0 Å². The van der Waals surface area contributed by atoms with Crippen molar-refractivity contribution < 1.29 is 0 Å². The highest BCUT2D eigenvalue weighted by Crippen LogP contribution is 2.37. The van der Waals surface area contributed by atoms with E-state index in [0.29, 0.717) is 17.2 Å². The van der Waals surface area contributed by atoms with Crippen molar-refractivity contribution >= 4 is 11.8 Å². The number of aromatic nitrogens is 6. The Morgan fingerprint density at radius 2 is 2.10 bits per heavy atom. The molecule has 0 unspecified atom stereocenters. The van der Waals surface area contributed by atoms with E-state index in [2.05, 4.69) is 44.7 Å². The van der Waals surface area contributed by atoms with E-state index in [1.807, 2.05) is 17.1 Å². The van der Waals surface area contributed by atoms with Gasteiger partial charge in [-0.15, -0.1) is 5.10 Å². The van der Waals surface area contributed by atoms with Gasteiger partial charge >= 0.3 is 0 Å². The van der Waals surface area contributed by atoms with Crippen LogP contribution in [-0.2, 0) is 6.54 Å². The topological polar surface area (TPSA) is 81.4 Å². The molecule has 0 amide bonds. The van der Waals surface area contributed by atoms with Crippen LogP contribution < -0.4 is 5.32 Å². The van der Waals surface area contributed by atoms with Crippen LogP contribution in [-0.4, -0.2) is 36.2 Å². The monoisotopic (exact) mass is 291 g/mol. The van der Waals surface area contributed by atoms with Crippen LogP contribution in [0.2, 0.25) is 0 Å². The fraction of sp³-hybridized carbons (Fsp3) is 0.583. The minimum absolute atomic E-state index is 0.451. The van der Waals surface area contributed by atoms with Crippen molar-refractivity contribution in [2.45, 2.75) is 55.6 Å². The van der Waals surface area contributed by atoms with Gasteiger partial charge < -0.3 is 5.32 Å². The predicted molar refractivity (Wildman–Crippen MR) is 74.2 cm³/mol. The number of hydrogen-bond acceptors (Lipinski definition) is 7. The van der Waals surface area contributed by atoms with Gasteiger partial charge in [0.25, 0.3) is 0 Å². The quantitative estimate of drug-likeness (QED) is 0.807. The van der Waals surface area contributed by atoms with Gasteiger partial charge in [0.1, 0.15) is 0 Å². The molecule has 0 radical (unpaired) electrons. The summed E-state index contributed by atoms with van der Waals surface area (Å²) in [6.45, 7) is 5.01. The molecule has 1 fully saturated rings. The van der Waals surface area contributed by atoms with Crippen molar-refractivity contribution in [3.8, 4) is 0 Å². The normalized spacial score (nSPS) is 14.9. The molecule has 7 nitrogen and oxygen atoms in total. The molecule has 3 rings (SSSR count). The molecular formula is C12H17N7S. The highest BCUT2D eigenvalue weighted by atomic mass is 32.2.